The van der Waals surface area contributed by atoms with E-state index >= 15 is 0 Å². The van der Waals surface area contributed by atoms with Gasteiger partial charge >= 0.3 is 0 Å². The van der Waals surface area contributed by atoms with E-state index in [-0.39, 0.29) is 6.10 Å². The predicted molar refractivity (Wildman–Crippen MR) is 58.7 cm³/mol. The van der Waals surface area contributed by atoms with Crippen LogP contribution < -0.4 is 4.90 Å². The summed E-state index contributed by atoms with van der Waals surface area (Å²) in [6.07, 6.45) is 3.55. The van der Waals surface area contributed by atoms with Gasteiger partial charge in [0.1, 0.15) is 5.82 Å². The lowest BCUT2D eigenvalue weighted by Crippen LogP contribution is -2.45. The van der Waals surface area contributed by atoms with Gasteiger partial charge in [-0.25, -0.2) is 4.98 Å². The normalized spacial score (nSPS) is 33.1. The second-order valence-electron chi connectivity index (χ2n) is 4.74. The molecule has 0 amide bonds. The number of anilines is 1. The van der Waals surface area contributed by atoms with E-state index in [2.05, 4.69) is 9.88 Å². The Kier molecular flexibility index (Phi) is 2.32. The van der Waals surface area contributed by atoms with Gasteiger partial charge in [-0.15, -0.1) is 0 Å². The lowest BCUT2D eigenvalue weighted by Gasteiger charge is -2.38. The highest BCUT2D eigenvalue weighted by Crippen LogP contribution is 2.38. The van der Waals surface area contributed by atoms with E-state index in [4.69, 9.17) is 0 Å². The topological polar surface area (TPSA) is 36.4 Å². The first kappa shape index (κ1) is 10.0. The molecular weight excluding hydrogens is 207 g/mol. The molecule has 0 saturated carbocycles. The quantitative estimate of drug-likeness (QED) is 0.735. The summed E-state index contributed by atoms with van der Waals surface area (Å²) in [4.78, 5) is 6.13. The van der Waals surface area contributed by atoms with Gasteiger partial charge in [-0.3, -0.25) is 0 Å². The molecule has 2 saturated heterocycles. The van der Waals surface area contributed by atoms with Crippen molar-refractivity contribution >= 4 is 5.82 Å². The Bertz CT molecular complexity index is 384. The summed E-state index contributed by atoms with van der Waals surface area (Å²) in [5.74, 6) is 0.294. The number of nitrogens with zero attached hydrogens (tertiary/aromatic N) is 2. The van der Waals surface area contributed by atoms with Crippen molar-refractivity contribution in [2.45, 2.75) is 43.9 Å². The molecule has 1 aromatic heterocycles. The fourth-order valence-corrected chi connectivity index (χ4v) is 3.06. The first-order chi connectivity index (χ1) is 7.74. The van der Waals surface area contributed by atoms with Crippen LogP contribution in [0.15, 0.2) is 18.2 Å². The second kappa shape index (κ2) is 3.70. The van der Waals surface area contributed by atoms with Crippen LogP contribution in [0.25, 0.3) is 0 Å². The maximum Gasteiger partial charge on any atom is 0.214 e. The minimum Gasteiger partial charge on any atom is -0.393 e. The van der Waals surface area contributed by atoms with Crippen LogP contribution in [0.4, 0.5) is 10.2 Å². The van der Waals surface area contributed by atoms with Crippen LogP contribution in [-0.2, 0) is 0 Å². The standard InChI is InChI=1S/C12H15FN2O/c13-11-2-1-3-12(14-11)15-8-4-5-9(15)7-10(16)6-8/h1-3,8-10,16H,4-7H2. The zero-order valence-corrected chi connectivity index (χ0v) is 9.01. The second-order valence-corrected chi connectivity index (χ2v) is 4.74. The van der Waals surface area contributed by atoms with E-state index < -0.39 is 5.95 Å². The summed E-state index contributed by atoms with van der Waals surface area (Å²) in [6, 6.07) is 5.59. The number of pyridine rings is 1. The van der Waals surface area contributed by atoms with Crippen molar-refractivity contribution in [1.82, 2.24) is 4.98 Å². The molecule has 4 heteroatoms. The van der Waals surface area contributed by atoms with Crippen molar-refractivity contribution < 1.29 is 9.50 Å². The number of aromatic nitrogens is 1. The molecule has 3 nitrogen and oxygen atoms in total. The Morgan fingerprint density at radius 3 is 2.56 bits per heavy atom. The number of aliphatic hydroxyl groups excluding tert-OH is 1. The lowest BCUT2D eigenvalue weighted by atomic mass is 10.00. The summed E-state index contributed by atoms with van der Waals surface area (Å²) in [5.41, 5.74) is 0. The zero-order chi connectivity index (χ0) is 11.1. The molecule has 1 N–H and O–H groups in total. The average molecular weight is 222 g/mol. The summed E-state index contributed by atoms with van der Waals surface area (Å²) < 4.78 is 13.1. The highest BCUT2D eigenvalue weighted by atomic mass is 19.1. The maximum atomic E-state index is 13.1. The van der Waals surface area contributed by atoms with Gasteiger partial charge in [0.05, 0.1) is 6.10 Å². The fourth-order valence-electron chi connectivity index (χ4n) is 3.06. The summed E-state index contributed by atoms with van der Waals surface area (Å²) in [7, 11) is 0. The number of halogens is 1. The molecular formula is C12H15FN2O. The summed E-state index contributed by atoms with van der Waals surface area (Å²) in [6.45, 7) is 0. The molecule has 3 heterocycles. The molecule has 1 aromatic rings. The number of hydrogen-bond donors (Lipinski definition) is 1. The van der Waals surface area contributed by atoms with Gasteiger partial charge in [0.15, 0.2) is 0 Å². The molecule has 0 radical (unpaired) electrons. The van der Waals surface area contributed by atoms with Crippen molar-refractivity contribution in [1.29, 1.82) is 0 Å². The number of rotatable bonds is 1. The number of fused-ring (bicyclic) bond motifs is 2. The number of hydrogen-bond acceptors (Lipinski definition) is 3. The Morgan fingerprint density at radius 2 is 1.94 bits per heavy atom. The predicted octanol–water partition coefficient (Wildman–Crippen LogP) is 1.71. The molecule has 0 aliphatic carbocycles. The third-order valence-corrected chi connectivity index (χ3v) is 3.67. The van der Waals surface area contributed by atoms with Gasteiger partial charge < -0.3 is 10.0 Å². The van der Waals surface area contributed by atoms with Crippen molar-refractivity contribution in [3.63, 3.8) is 0 Å². The highest BCUT2D eigenvalue weighted by Gasteiger charge is 2.40. The van der Waals surface area contributed by atoms with Crippen molar-refractivity contribution in [3.05, 3.63) is 24.1 Å². The molecule has 86 valence electrons. The third kappa shape index (κ3) is 1.57. The minimum absolute atomic E-state index is 0.192. The molecule has 3 rings (SSSR count). The molecule has 2 atom stereocenters. The van der Waals surface area contributed by atoms with Crippen molar-refractivity contribution in [3.8, 4) is 0 Å². The molecule has 2 unspecified atom stereocenters. The van der Waals surface area contributed by atoms with Crippen LogP contribution in [0.5, 0.6) is 0 Å². The third-order valence-electron chi connectivity index (χ3n) is 3.67. The molecule has 16 heavy (non-hydrogen) atoms. The van der Waals surface area contributed by atoms with E-state index in [1.54, 1.807) is 6.07 Å². The van der Waals surface area contributed by atoms with Crippen LogP contribution in [0.2, 0.25) is 0 Å². The van der Waals surface area contributed by atoms with Crippen LogP contribution >= 0.6 is 0 Å². The van der Waals surface area contributed by atoms with Gasteiger partial charge in [0.2, 0.25) is 5.95 Å². The zero-order valence-electron chi connectivity index (χ0n) is 9.01. The van der Waals surface area contributed by atoms with Crippen molar-refractivity contribution in [2.24, 2.45) is 0 Å². The van der Waals surface area contributed by atoms with E-state index in [1.807, 2.05) is 6.07 Å². The van der Waals surface area contributed by atoms with E-state index in [1.165, 1.54) is 6.07 Å². The number of piperidine rings is 1. The Morgan fingerprint density at radius 1 is 1.25 bits per heavy atom. The van der Waals surface area contributed by atoms with E-state index in [9.17, 15) is 9.50 Å². The molecule has 0 spiro atoms. The van der Waals surface area contributed by atoms with Gasteiger partial charge in [0, 0.05) is 12.1 Å². The van der Waals surface area contributed by atoms with E-state index in [0.29, 0.717) is 12.1 Å². The van der Waals surface area contributed by atoms with Crippen molar-refractivity contribution in [2.75, 3.05) is 4.90 Å². The molecule has 2 aliphatic heterocycles. The van der Waals surface area contributed by atoms with Gasteiger partial charge in [0.25, 0.3) is 0 Å². The average Bonchev–Trinajstić information content (AvgIpc) is 2.51. The summed E-state index contributed by atoms with van der Waals surface area (Å²) >= 11 is 0. The Labute approximate surface area is 93.9 Å². The highest BCUT2D eigenvalue weighted by molar-refractivity contribution is 5.43. The number of aliphatic hydroxyl groups is 1. The van der Waals surface area contributed by atoms with Gasteiger partial charge in [-0.1, -0.05) is 6.07 Å². The van der Waals surface area contributed by atoms with Crippen LogP contribution in [0, 0.1) is 5.95 Å². The first-order valence-corrected chi connectivity index (χ1v) is 5.83. The molecule has 0 aromatic carbocycles. The first-order valence-electron chi connectivity index (χ1n) is 5.83. The largest absolute Gasteiger partial charge is 0.393 e. The minimum atomic E-state index is -0.428. The molecule has 2 bridgehead atoms. The Hall–Kier alpha value is -1.16. The molecule has 2 aliphatic rings. The molecule has 2 fully saturated rings. The van der Waals surface area contributed by atoms with Crippen LogP contribution in [0.3, 0.4) is 0 Å². The van der Waals surface area contributed by atoms with E-state index in [0.717, 1.165) is 31.5 Å². The Balaban J connectivity index is 1.91. The summed E-state index contributed by atoms with van der Waals surface area (Å²) in [5, 5.41) is 9.69. The smallest absolute Gasteiger partial charge is 0.214 e. The maximum absolute atomic E-state index is 13.1. The van der Waals surface area contributed by atoms with Gasteiger partial charge in [-0.2, -0.15) is 4.39 Å². The van der Waals surface area contributed by atoms with Crippen LogP contribution in [0.1, 0.15) is 25.7 Å². The monoisotopic (exact) mass is 222 g/mol. The SMILES string of the molecule is OC1CC2CCC(C1)N2c1cccc(F)n1. The fraction of sp³-hybridized carbons (Fsp3) is 0.583. The van der Waals surface area contributed by atoms with Gasteiger partial charge in [-0.05, 0) is 37.8 Å². The van der Waals surface area contributed by atoms with Crippen LogP contribution in [-0.4, -0.2) is 28.3 Å². The lowest BCUT2D eigenvalue weighted by molar-refractivity contribution is 0.126.